The predicted molar refractivity (Wildman–Crippen MR) is 62.8 cm³/mol. The number of nitrogens with two attached hydrogens (primary N) is 2. The molecule has 0 fully saturated rings. The Labute approximate surface area is 96.0 Å². The maximum atomic E-state index is 5.39. The Balaban J connectivity index is 0.00000196. The van der Waals surface area contributed by atoms with E-state index in [4.69, 9.17) is 20.9 Å². The van der Waals surface area contributed by atoms with Crippen LogP contribution < -0.4 is 20.9 Å². The zero-order valence-electron chi connectivity index (χ0n) is 8.52. The minimum atomic E-state index is 0. The lowest BCUT2D eigenvalue weighted by molar-refractivity contribution is 0.278. The third kappa shape index (κ3) is 4.88. The first kappa shape index (κ1) is 14.0. The summed E-state index contributed by atoms with van der Waals surface area (Å²) in [6, 6.07) is 7.48. The van der Waals surface area contributed by atoms with E-state index in [1.807, 2.05) is 24.3 Å². The van der Waals surface area contributed by atoms with Crippen molar-refractivity contribution in [1.29, 1.82) is 0 Å². The largest absolute Gasteiger partial charge is 0.488 e. The van der Waals surface area contributed by atoms with Gasteiger partial charge in [-0.15, -0.1) is 12.4 Å². The maximum absolute atomic E-state index is 5.39. The normalized spacial score (nSPS) is 9.20. The van der Waals surface area contributed by atoms with Crippen LogP contribution in [0.1, 0.15) is 0 Å². The number of hydrogen-bond acceptors (Lipinski definition) is 4. The Morgan fingerprint density at radius 2 is 1.27 bits per heavy atom. The molecule has 0 bridgehead atoms. The highest BCUT2D eigenvalue weighted by molar-refractivity contribution is 5.85. The van der Waals surface area contributed by atoms with E-state index < -0.39 is 0 Å². The fraction of sp³-hybridized carbons (Fsp3) is 0.400. The van der Waals surface area contributed by atoms with Crippen LogP contribution in [0.2, 0.25) is 0 Å². The van der Waals surface area contributed by atoms with E-state index >= 15 is 0 Å². The second-order valence-corrected chi connectivity index (χ2v) is 2.72. The molecule has 0 aromatic heterocycles. The molecule has 0 unspecified atom stereocenters. The molecule has 0 aliphatic heterocycles. The molecule has 0 radical (unpaired) electrons. The van der Waals surface area contributed by atoms with Crippen molar-refractivity contribution in [3.8, 4) is 11.5 Å². The molecule has 0 saturated heterocycles. The van der Waals surface area contributed by atoms with E-state index in [1.54, 1.807) is 0 Å². The van der Waals surface area contributed by atoms with Crippen molar-refractivity contribution in [2.75, 3.05) is 26.3 Å². The Bertz CT molecular complexity index is 244. The smallest absolute Gasteiger partial charge is 0.161 e. The van der Waals surface area contributed by atoms with E-state index in [9.17, 15) is 0 Å². The van der Waals surface area contributed by atoms with Gasteiger partial charge < -0.3 is 20.9 Å². The average Bonchev–Trinajstić information content (AvgIpc) is 2.24. The van der Waals surface area contributed by atoms with Crippen LogP contribution in [0.25, 0.3) is 0 Å². The van der Waals surface area contributed by atoms with E-state index in [-0.39, 0.29) is 12.4 Å². The zero-order chi connectivity index (χ0) is 10.2. The van der Waals surface area contributed by atoms with Crippen molar-refractivity contribution < 1.29 is 9.47 Å². The van der Waals surface area contributed by atoms with Crippen LogP contribution in [0.3, 0.4) is 0 Å². The summed E-state index contributed by atoms with van der Waals surface area (Å²) in [7, 11) is 0. The van der Waals surface area contributed by atoms with Gasteiger partial charge >= 0.3 is 0 Å². The van der Waals surface area contributed by atoms with Crippen LogP contribution in [0, 0.1) is 0 Å². The quantitative estimate of drug-likeness (QED) is 0.761. The highest BCUT2D eigenvalue weighted by Crippen LogP contribution is 2.25. The second-order valence-electron chi connectivity index (χ2n) is 2.72. The number of halogens is 1. The SMILES string of the molecule is Cl.NCCOc1ccccc1OCCN. The molecular formula is C10H17ClN2O2. The molecule has 0 aliphatic rings. The molecule has 0 aliphatic carbocycles. The summed E-state index contributed by atoms with van der Waals surface area (Å²) >= 11 is 0. The van der Waals surface area contributed by atoms with Crippen LogP contribution in [0.5, 0.6) is 11.5 Å². The maximum Gasteiger partial charge on any atom is 0.161 e. The van der Waals surface area contributed by atoms with Gasteiger partial charge in [-0.25, -0.2) is 0 Å². The number of hydrogen-bond donors (Lipinski definition) is 2. The molecule has 86 valence electrons. The fourth-order valence-electron chi connectivity index (χ4n) is 1.03. The van der Waals surface area contributed by atoms with Crippen molar-refractivity contribution in [2.24, 2.45) is 11.5 Å². The number of benzene rings is 1. The van der Waals surface area contributed by atoms with Crippen molar-refractivity contribution in [3.05, 3.63) is 24.3 Å². The molecule has 1 rings (SSSR count). The van der Waals surface area contributed by atoms with Crippen LogP contribution in [-0.2, 0) is 0 Å². The zero-order valence-corrected chi connectivity index (χ0v) is 9.33. The van der Waals surface area contributed by atoms with Crippen LogP contribution in [-0.4, -0.2) is 26.3 Å². The van der Waals surface area contributed by atoms with Gasteiger partial charge in [-0.3, -0.25) is 0 Å². The van der Waals surface area contributed by atoms with Gasteiger partial charge in [-0.2, -0.15) is 0 Å². The minimum absolute atomic E-state index is 0. The van der Waals surface area contributed by atoms with Gasteiger partial charge in [0, 0.05) is 13.1 Å². The van der Waals surface area contributed by atoms with Gasteiger partial charge in [-0.1, -0.05) is 12.1 Å². The van der Waals surface area contributed by atoms with Gasteiger partial charge in [0.25, 0.3) is 0 Å². The summed E-state index contributed by atoms with van der Waals surface area (Å²) in [5.74, 6) is 1.43. The lowest BCUT2D eigenvalue weighted by Gasteiger charge is -2.10. The molecule has 1 aromatic rings. The third-order valence-corrected chi connectivity index (χ3v) is 1.60. The van der Waals surface area contributed by atoms with Gasteiger partial charge in [-0.05, 0) is 12.1 Å². The highest BCUT2D eigenvalue weighted by atomic mass is 35.5. The van der Waals surface area contributed by atoms with E-state index in [1.165, 1.54) is 0 Å². The fourth-order valence-corrected chi connectivity index (χ4v) is 1.03. The lowest BCUT2D eigenvalue weighted by Crippen LogP contribution is -2.13. The summed E-state index contributed by atoms with van der Waals surface area (Å²) in [6.07, 6.45) is 0. The molecule has 4 N–H and O–H groups in total. The Morgan fingerprint density at radius 1 is 0.867 bits per heavy atom. The first-order valence-corrected chi connectivity index (χ1v) is 4.63. The van der Waals surface area contributed by atoms with Gasteiger partial charge in [0.15, 0.2) is 11.5 Å². The summed E-state index contributed by atoms with van der Waals surface area (Å²) in [5.41, 5.74) is 10.7. The Morgan fingerprint density at radius 3 is 1.60 bits per heavy atom. The first-order valence-electron chi connectivity index (χ1n) is 4.63. The van der Waals surface area contributed by atoms with Gasteiger partial charge in [0.05, 0.1) is 0 Å². The molecule has 1 aromatic carbocycles. The van der Waals surface area contributed by atoms with Gasteiger partial charge in [0.1, 0.15) is 13.2 Å². The molecule has 5 heteroatoms. The molecule has 0 saturated carbocycles. The monoisotopic (exact) mass is 232 g/mol. The summed E-state index contributed by atoms with van der Waals surface area (Å²) in [5, 5.41) is 0. The van der Waals surface area contributed by atoms with Crippen molar-refractivity contribution in [2.45, 2.75) is 0 Å². The Hall–Kier alpha value is -0.970. The molecule has 0 heterocycles. The molecule has 4 nitrogen and oxygen atoms in total. The van der Waals surface area contributed by atoms with E-state index in [2.05, 4.69) is 0 Å². The molecular weight excluding hydrogens is 216 g/mol. The topological polar surface area (TPSA) is 70.5 Å². The standard InChI is InChI=1S/C10H16N2O2.ClH/c11-5-7-13-9-3-1-2-4-10(9)14-8-6-12;/h1-4H,5-8,11-12H2;1H. The highest BCUT2D eigenvalue weighted by Gasteiger charge is 2.02. The van der Waals surface area contributed by atoms with Crippen LogP contribution in [0.4, 0.5) is 0 Å². The predicted octanol–water partition coefficient (Wildman–Crippen LogP) is 0.783. The molecule has 0 atom stereocenters. The lowest BCUT2D eigenvalue weighted by atomic mass is 10.3. The van der Waals surface area contributed by atoms with E-state index in [0.29, 0.717) is 37.8 Å². The summed E-state index contributed by atoms with van der Waals surface area (Å²) in [6.45, 7) is 1.96. The van der Waals surface area contributed by atoms with Crippen molar-refractivity contribution in [1.82, 2.24) is 0 Å². The van der Waals surface area contributed by atoms with E-state index in [0.717, 1.165) is 0 Å². The average molecular weight is 233 g/mol. The molecule has 15 heavy (non-hydrogen) atoms. The van der Waals surface area contributed by atoms with Crippen molar-refractivity contribution >= 4 is 12.4 Å². The number of para-hydroxylation sites is 2. The van der Waals surface area contributed by atoms with Gasteiger partial charge in [0.2, 0.25) is 0 Å². The van der Waals surface area contributed by atoms with Crippen LogP contribution >= 0.6 is 12.4 Å². The number of ether oxygens (including phenoxy) is 2. The minimum Gasteiger partial charge on any atom is -0.488 e. The Kier molecular flexibility index (Phi) is 7.81. The first-order chi connectivity index (χ1) is 6.88. The molecule has 0 spiro atoms. The summed E-state index contributed by atoms with van der Waals surface area (Å²) in [4.78, 5) is 0. The molecule has 0 amide bonds. The summed E-state index contributed by atoms with van der Waals surface area (Å²) < 4.78 is 10.8. The number of rotatable bonds is 6. The van der Waals surface area contributed by atoms with Crippen LogP contribution in [0.15, 0.2) is 24.3 Å². The third-order valence-electron chi connectivity index (χ3n) is 1.60. The second kappa shape index (κ2) is 8.35. The van der Waals surface area contributed by atoms with Crippen molar-refractivity contribution in [3.63, 3.8) is 0 Å².